The first-order valence-electron chi connectivity index (χ1n) is 18.3. The zero-order chi connectivity index (χ0) is 35.3. The van der Waals surface area contributed by atoms with Gasteiger partial charge in [0.2, 0.25) is 5.95 Å². The van der Waals surface area contributed by atoms with Gasteiger partial charge in [-0.3, -0.25) is 4.57 Å². The molecule has 3 aromatic heterocycles. The Morgan fingerprint density at radius 2 is 1.04 bits per heavy atom. The Labute approximate surface area is 314 Å². The van der Waals surface area contributed by atoms with E-state index in [2.05, 4.69) is 180 Å². The van der Waals surface area contributed by atoms with Gasteiger partial charge >= 0.3 is 0 Å². The highest BCUT2D eigenvalue weighted by Crippen LogP contribution is 2.44. The van der Waals surface area contributed by atoms with Crippen LogP contribution < -0.4 is 0 Å². The van der Waals surface area contributed by atoms with E-state index in [9.17, 15) is 0 Å². The summed E-state index contributed by atoms with van der Waals surface area (Å²) in [6, 6.07) is 63.6. The minimum atomic E-state index is 0.675. The number of thiophene rings is 1. The van der Waals surface area contributed by atoms with E-state index < -0.39 is 0 Å². The minimum absolute atomic E-state index is 0.675. The Kier molecular flexibility index (Phi) is 6.21. The summed E-state index contributed by atoms with van der Waals surface area (Å²) in [5.41, 5.74) is 7.57. The maximum absolute atomic E-state index is 5.51. The van der Waals surface area contributed by atoms with Crippen molar-refractivity contribution in [2.45, 2.75) is 0 Å². The van der Waals surface area contributed by atoms with Crippen LogP contribution in [0.25, 0.3) is 114 Å². The Hall–Kier alpha value is -6.88. The van der Waals surface area contributed by atoms with Crippen molar-refractivity contribution in [3.8, 4) is 28.3 Å². The quantitative estimate of drug-likeness (QED) is 0.172. The zero-order valence-electron chi connectivity index (χ0n) is 29.0. The number of hydrogen-bond acceptors (Lipinski definition) is 3. The lowest BCUT2D eigenvalue weighted by Crippen LogP contribution is -2.02. The van der Waals surface area contributed by atoms with Crippen LogP contribution in [0.4, 0.5) is 0 Å². The van der Waals surface area contributed by atoms with Gasteiger partial charge in [0, 0.05) is 26.4 Å². The van der Waals surface area contributed by atoms with Crippen molar-refractivity contribution in [2.24, 2.45) is 0 Å². The molecule has 54 heavy (non-hydrogen) atoms. The second-order valence-corrected chi connectivity index (χ2v) is 15.2. The molecule has 3 nitrogen and oxygen atoms in total. The van der Waals surface area contributed by atoms with Crippen LogP contribution >= 0.6 is 11.3 Å². The molecule has 12 rings (SSSR count). The van der Waals surface area contributed by atoms with E-state index in [0.717, 1.165) is 37.9 Å². The molecule has 0 saturated heterocycles. The molecule has 0 amide bonds. The van der Waals surface area contributed by atoms with Crippen molar-refractivity contribution in [1.82, 2.24) is 14.5 Å². The highest BCUT2D eigenvalue weighted by atomic mass is 32.1. The fourth-order valence-corrected chi connectivity index (χ4v) is 9.88. The molecule has 12 aromatic rings. The van der Waals surface area contributed by atoms with E-state index in [-0.39, 0.29) is 0 Å². The SMILES string of the molecule is c1ccc(-c2ccc(-c3nc(-n4c5ccccc5c5cc6c(cc54)c4ccccc4c4ccc5ccccc5c46)nc4c3sc3ccccc34)cc2)cc1. The maximum atomic E-state index is 5.51. The lowest BCUT2D eigenvalue weighted by molar-refractivity contribution is 1.02. The largest absolute Gasteiger partial charge is 0.278 e. The predicted octanol–water partition coefficient (Wildman–Crippen LogP) is 13.9. The summed E-state index contributed by atoms with van der Waals surface area (Å²) in [6.45, 7) is 0. The summed E-state index contributed by atoms with van der Waals surface area (Å²) < 4.78 is 4.60. The minimum Gasteiger partial charge on any atom is -0.278 e. The second kappa shape index (κ2) is 11.3. The molecule has 0 aliphatic rings. The van der Waals surface area contributed by atoms with Crippen LogP contribution in [0.5, 0.6) is 0 Å². The van der Waals surface area contributed by atoms with Crippen molar-refractivity contribution in [2.75, 3.05) is 0 Å². The number of rotatable bonds is 3. The average Bonchev–Trinajstić information content (AvgIpc) is 3.78. The van der Waals surface area contributed by atoms with Gasteiger partial charge in [0.25, 0.3) is 0 Å². The van der Waals surface area contributed by atoms with E-state index >= 15 is 0 Å². The van der Waals surface area contributed by atoms with E-state index in [4.69, 9.17) is 9.97 Å². The topological polar surface area (TPSA) is 30.7 Å². The molecule has 0 bridgehead atoms. The summed E-state index contributed by atoms with van der Waals surface area (Å²) in [5, 5.41) is 13.6. The highest BCUT2D eigenvalue weighted by molar-refractivity contribution is 7.26. The maximum Gasteiger partial charge on any atom is 0.235 e. The van der Waals surface area contributed by atoms with Crippen molar-refractivity contribution in [1.29, 1.82) is 0 Å². The number of hydrogen-bond donors (Lipinski definition) is 0. The fourth-order valence-electron chi connectivity index (χ4n) is 8.73. The number of para-hydroxylation sites is 1. The third-order valence-electron chi connectivity index (χ3n) is 11.2. The molecule has 0 aliphatic heterocycles. The monoisotopic (exact) mass is 703 g/mol. The van der Waals surface area contributed by atoms with Gasteiger partial charge in [0.05, 0.1) is 26.9 Å². The normalized spacial score (nSPS) is 12.1. The smallest absolute Gasteiger partial charge is 0.235 e. The molecule has 0 saturated carbocycles. The molecule has 0 aliphatic carbocycles. The lowest BCUT2D eigenvalue weighted by atomic mass is 9.90. The average molecular weight is 704 g/mol. The first-order chi connectivity index (χ1) is 26.8. The van der Waals surface area contributed by atoms with Gasteiger partial charge in [-0.2, -0.15) is 0 Å². The van der Waals surface area contributed by atoms with Crippen LogP contribution in [0.1, 0.15) is 0 Å². The van der Waals surface area contributed by atoms with Gasteiger partial charge in [-0.15, -0.1) is 11.3 Å². The van der Waals surface area contributed by atoms with Crippen molar-refractivity contribution >= 4 is 96.5 Å². The lowest BCUT2D eigenvalue weighted by Gasteiger charge is -2.14. The predicted molar refractivity (Wildman–Crippen MR) is 230 cm³/mol. The molecule has 3 heterocycles. The molecule has 4 heteroatoms. The van der Waals surface area contributed by atoms with Crippen molar-refractivity contribution < 1.29 is 0 Å². The second-order valence-electron chi connectivity index (χ2n) is 14.1. The van der Waals surface area contributed by atoms with Gasteiger partial charge in [-0.25, -0.2) is 9.97 Å². The molecule has 0 atom stereocenters. The molecular weight excluding hydrogens is 675 g/mol. The molecular formula is C50H29N3S. The van der Waals surface area contributed by atoms with Crippen molar-refractivity contribution in [3.05, 3.63) is 176 Å². The third-order valence-corrected chi connectivity index (χ3v) is 12.4. The summed E-state index contributed by atoms with van der Waals surface area (Å²) in [4.78, 5) is 11.0. The van der Waals surface area contributed by atoms with Crippen LogP contribution in [0.2, 0.25) is 0 Å². The summed E-state index contributed by atoms with van der Waals surface area (Å²) >= 11 is 1.77. The number of fused-ring (bicyclic) bond motifs is 14. The molecule has 0 fully saturated rings. The van der Waals surface area contributed by atoms with Crippen molar-refractivity contribution in [3.63, 3.8) is 0 Å². The zero-order valence-corrected chi connectivity index (χ0v) is 29.8. The van der Waals surface area contributed by atoms with Crippen LogP contribution in [0, 0.1) is 0 Å². The van der Waals surface area contributed by atoms with Crippen LogP contribution in [0.15, 0.2) is 176 Å². The number of benzene rings is 9. The molecule has 9 aromatic carbocycles. The van der Waals surface area contributed by atoms with E-state index in [1.165, 1.54) is 69.7 Å². The Morgan fingerprint density at radius 3 is 1.87 bits per heavy atom. The summed E-state index contributed by atoms with van der Waals surface area (Å²) in [6.07, 6.45) is 0. The fraction of sp³-hybridized carbons (Fsp3) is 0. The summed E-state index contributed by atoms with van der Waals surface area (Å²) in [5.74, 6) is 0.675. The molecule has 250 valence electrons. The number of aromatic nitrogens is 3. The van der Waals surface area contributed by atoms with Gasteiger partial charge in [0.15, 0.2) is 0 Å². The first-order valence-corrected chi connectivity index (χ1v) is 19.1. The summed E-state index contributed by atoms with van der Waals surface area (Å²) in [7, 11) is 0. The van der Waals surface area contributed by atoms with Gasteiger partial charge in [-0.05, 0) is 78.5 Å². The Balaban J connectivity index is 1.20. The van der Waals surface area contributed by atoms with E-state index in [0.29, 0.717) is 5.95 Å². The molecule has 0 spiro atoms. The number of nitrogens with zero attached hydrogens (tertiary/aromatic N) is 3. The Bertz CT molecular complexity index is 3490. The van der Waals surface area contributed by atoms with Gasteiger partial charge < -0.3 is 0 Å². The first kappa shape index (κ1) is 29.7. The van der Waals surface area contributed by atoms with Gasteiger partial charge in [-0.1, -0.05) is 152 Å². The highest BCUT2D eigenvalue weighted by Gasteiger charge is 2.22. The van der Waals surface area contributed by atoms with Gasteiger partial charge in [0.1, 0.15) is 0 Å². The third kappa shape index (κ3) is 4.23. The molecule has 0 N–H and O–H groups in total. The van der Waals surface area contributed by atoms with E-state index in [1.54, 1.807) is 11.3 Å². The van der Waals surface area contributed by atoms with Crippen LogP contribution in [-0.2, 0) is 0 Å². The standard InChI is InChI=1S/C50H29N3S/c1-2-12-30(13-3-1)31-22-24-33(25-23-31)47-49-48(39-19-9-11-21-45(39)54-49)52-50(51-47)53-43-20-10-8-18-37(43)41-28-42-40(29-44(41)53)36-17-7-6-16-35(36)38-27-26-32-14-4-5-15-34(32)46(38)42/h1-29H. The van der Waals surface area contributed by atoms with Crippen LogP contribution in [0.3, 0.4) is 0 Å². The molecule has 0 unspecified atom stereocenters. The molecule has 0 radical (unpaired) electrons. The van der Waals surface area contributed by atoms with E-state index in [1.807, 2.05) is 0 Å². The Morgan fingerprint density at radius 1 is 0.389 bits per heavy atom. The van der Waals surface area contributed by atoms with Crippen LogP contribution in [-0.4, -0.2) is 14.5 Å².